The van der Waals surface area contributed by atoms with E-state index in [9.17, 15) is 0 Å². The predicted octanol–water partition coefficient (Wildman–Crippen LogP) is 3.76. The van der Waals surface area contributed by atoms with Crippen molar-refractivity contribution in [2.24, 2.45) is 0 Å². The number of anilines is 1. The van der Waals surface area contributed by atoms with Gasteiger partial charge in [0.05, 0.1) is 0 Å². The van der Waals surface area contributed by atoms with E-state index in [0.29, 0.717) is 6.61 Å². The molecule has 0 bridgehead atoms. The number of nitrogens with two attached hydrogens (primary N) is 1. The first kappa shape index (κ1) is 12.2. The van der Waals surface area contributed by atoms with Crippen molar-refractivity contribution in [2.45, 2.75) is 13.5 Å². The summed E-state index contributed by atoms with van der Waals surface area (Å²) in [6.45, 7) is 2.57. The molecule has 2 N–H and O–H groups in total. The van der Waals surface area contributed by atoms with Crippen LogP contribution in [0, 0.1) is 10.5 Å². The second-order valence-electron chi connectivity index (χ2n) is 3.87. The van der Waals surface area contributed by atoms with Gasteiger partial charge in [0.2, 0.25) is 0 Å². The van der Waals surface area contributed by atoms with Crippen LogP contribution >= 0.6 is 22.6 Å². The van der Waals surface area contributed by atoms with Crippen LogP contribution in [0.3, 0.4) is 0 Å². The van der Waals surface area contributed by atoms with E-state index in [1.54, 1.807) is 0 Å². The van der Waals surface area contributed by atoms with Gasteiger partial charge in [0.1, 0.15) is 12.4 Å². The van der Waals surface area contributed by atoms with Crippen LogP contribution in [0.15, 0.2) is 42.5 Å². The molecule has 3 heteroatoms. The Balaban J connectivity index is 2.07. The summed E-state index contributed by atoms with van der Waals surface area (Å²) in [5, 5.41) is 0. The van der Waals surface area contributed by atoms with Crippen LogP contribution < -0.4 is 10.5 Å². The molecule has 0 saturated carbocycles. The summed E-state index contributed by atoms with van der Waals surface area (Å²) in [6, 6.07) is 13.9. The Labute approximate surface area is 115 Å². The molecule has 2 aromatic rings. The van der Waals surface area contributed by atoms with Gasteiger partial charge in [0.15, 0.2) is 0 Å². The molecule has 0 amide bonds. The van der Waals surface area contributed by atoms with Gasteiger partial charge in [-0.3, -0.25) is 0 Å². The van der Waals surface area contributed by atoms with Crippen molar-refractivity contribution in [3.63, 3.8) is 0 Å². The molecule has 0 heterocycles. The maximum absolute atomic E-state index is 5.85. The van der Waals surface area contributed by atoms with Gasteiger partial charge in [-0.25, -0.2) is 0 Å². The van der Waals surface area contributed by atoms with Crippen LogP contribution in [0.25, 0.3) is 0 Å². The molecule has 0 aliphatic carbocycles. The van der Waals surface area contributed by atoms with Crippen LogP contribution in [-0.2, 0) is 6.61 Å². The Hall–Kier alpha value is -1.23. The molecule has 0 fully saturated rings. The quantitative estimate of drug-likeness (QED) is 0.683. The standard InChI is InChI=1S/C14H14INO/c1-10-11(3-2-4-14(10)16)9-17-13-7-5-12(15)6-8-13/h2-8H,9,16H2,1H3. The molecule has 0 spiro atoms. The maximum Gasteiger partial charge on any atom is 0.119 e. The molecule has 0 aromatic heterocycles. The molecule has 2 rings (SSSR count). The minimum Gasteiger partial charge on any atom is -0.489 e. The lowest BCUT2D eigenvalue weighted by atomic mass is 10.1. The molecule has 2 nitrogen and oxygen atoms in total. The minimum absolute atomic E-state index is 0.553. The fourth-order valence-corrected chi connectivity index (χ4v) is 1.91. The lowest BCUT2D eigenvalue weighted by Gasteiger charge is -2.10. The van der Waals surface area contributed by atoms with Crippen LogP contribution in [0.1, 0.15) is 11.1 Å². The van der Waals surface area contributed by atoms with Gasteiger partial charge in [-0.2, -0.15) is 0 Å². The summed E-state index contributed by atoms with van der Waals surface area (Å²) < 4.78 is 6.93. The molecule has 0 unspecified atom stereocenters. The van der Waals surface area contributed by atoms with Gasteiger partial charge < -0.3 is 10.5 Å². The Bertz CT molecular complexity index is 508. The number of hydrogen-bond acceptors (Lipinski definition) is 2. The average Bonchev–Trinajstić information content (AvgIpc) is 2.33. The third-order valence-corrected chi connectivity index (χ3v) is 3.42. The highest BCUT2D eigenvalue weighted by molar-refractivity contribution is 14.1. The molecule has 0 saturated heterocycles. The summed E-state index contributed by atoms with van der Waals surface area (Å²) >= 11 is 2.27. The fourth-order valence-electron chi connectivity index (χ4n) is 1.55. The van der Waals surface area contributed by atoms with E-state index >= 15 is 0 Å². The van der Waals surface area contributed by atoms with E-state index in [4.69, 9.17) is 10.5 Å². The minimum atomic E-state index is 0.553. The third kappa shape index (κ3) is 3.12. The molecular weight excluding hydrogens is 325 g/mol. The lowest BCUT2D eigenvalue weighted by Crippen LogP contribution is -2.00. The highest BCUT2D eigenvalue weighted by atomic mass is 127. The highest BCUT2D eigenvalue weighted by Gasteiger charge is 2.02. The molecule has 17 heavy (non-hydrogen) atoms. The predicted molar refractivity (Wildman–Crippen MR) is 79.1 cm³/mol. The summed E-state index contributed by atoms with van der Waals surface area (Å²) in [4.78, 5) is 0. The van der Waals surface area contributed by atoms with E-state index in [1.165, 1.54) is 3.57 Å². The summed E-state index contributed by atoms with van der Waals surface area (Å²) in [7, 11) is 0. The monoisotopic (exact) mass is 339 g/mol. The number of hydrogen-bond donors (Lipinski definition) is 1. The second-order valence-corrected chi connectivity index (χ2v) is 5.12. The molecule has 0 radical (unpaired) electrons. The van der Waals surface area contributed by atoms with Crippen molar-refractivity contribution < 1.29 is 4.74 Å². The number of benzene rings is 2. The Morgan fingerprint density at radius 1 is 1.12 bits per heavy atom. The van der Waals surface area contributed by atoms with Crippen molar-refractivity contribution in [2.75, 3.05) is 5.73 Å². The Morgan fingerprint density at radius 3 is 2.53 bits per heavy atom. The number of halogens is 1. The second kappa shape index (κ2) is 5.40. The van der Waals surface area contributed by atoms with Gasteiger partial charge in [-0.05, 0) is 71.0 Å². The van der Waals surface area contributed by atoms with Crippen molar-refractivity contribution in [1.82, 2.24) is 0 Å². The van der Waals surface area contributed by atoms with Crippen molar-refractivity contribution >= 4 is 28.3 Å². The van der Waals surface area contributed by atoms with Crippen molar-refractivity contribution in [3.05, 3.63) is 57.2 Å². The normalized spacial score (nSPS) is 10.2. The number of rotatable bonds is 3. The molecule has 0 aliphatic rings. The zero-order chi connectivity index (χ0) is 12.3. The smallest absolute Gasteiger partial charge is 0.119 e. The number of nitrogen functional groups attached to an aromatic ring is 1. The van der Waals surface area contributed by atoms with Crippen LogP contribution in [-0.4, -0.2) is 0 Å². The van der Waals surface area contributed by atoms with E-state index in [-0.39, 0.29) is 0 Å². The third-order valence-electron chi connectivity index (χ3n) is 2.70. The van der Waals surface area contributed by atoms with E-state index in [1.807, 2.05) is 49.4 Å². The molecule has 0 aliphatic heterocycles. The van der Waals surface area contributed by atoms with Gasteiger partial charge in [0.25, 0.3) is 0 Å². The first-order chi connectivity index (χ1) is 8.16. The first-order valence-electron chi connectivity index (χ1n) is 5.39. The summed E-state index contributed by atoms with van der Waals surface area (Å²) in [6.07, 6.45) is 0. The SMILES string of the molecule is Cc1c(N)cccc1COc1ccc(I)cc1. The van der Waals surface area contributed by atoms with Gasteiger partial charge in [-0.15, -0.1) is 0 Å². The Morgan fingerprint density at radius 2 is 1.82 bits per heavy atom. The zero-order valence-electron chi connectivity index (χ0n) is 9.61. The van der Waals surface area contributed by atoms with Gasteiger partial charge in [-0.1, -0.05) is 12.1 Å². The highest BCUT2D eigenvalue weighted by Crippen LogP contribution is 2.19. The van der Waals surface area contributed by atoms with Crippen molar-refractivity contribution in [1.29, 1.82) is 0 Å². The van der Waals surface area contributed by atoms with Crippen LogP contribution in [0.2, 0.25) is 0 Å². The molecule has 0 atom stereocenters. The summed E-state index contributed by atoms with van der Waals surface area (Å²) in [5.41, 5.74) is 8.89. The Kier molecular flexibility index (Phi) is 3.89. The largest absolute Gasteiger partial charge is 0.489 e. The maximum atomic E-state index is 5.85. The fraction of sp³-hybridized carbons (Fsp3) is 0.143. The lowest BCUT2D eigenvalue weighted by molar-refractivity contribution is 0.305. The van der Waals surface area contributed by atoms with E-state index in [2.05, 4.69) is 22.6 Å². The molecular formula is C14H14INO. The molecule has 88 valence electrons. The van der Waals surface area contributed by atoms with Crippen LogP contribution in [0.4, 0.5) is 5.69 Å². The molecule has 2 aromatic carbocycles. The zero-order valence-corrected chi connectivity index (χ0v) is 11.8. The number of ether oxygens (including phenoxy) is 1. The topological polar surface area (TPSA) is 35.2 Å². The van der Waals surface area contributed by atoms with Crippen molar-refractivity contribution in [3.8, 4) is 5.75 Å². The van der Waals surface area contributed by atoms with Crippen LogP contribution in [0.5, 0.6) is 5.75 Å². The van der Waals surface area contributed by atoms with E-state index < -0.39 is 0 Å². The first-order valence-corrected chi connectivity index (χ1v) is 6.47. The van der Waals surface area contributed by atoms with E-state index in [0.717, 1.165) is 22.6 Å². The van der Waals surface area contributed by atoms with Gasteiger partial charge >= 0.3 is 0 Å². The van der Waals surface area contributed by atoms with Gasteiger partial charge in [0, 0.05) is 9.26 Å². The average molecular weight is 339 g/mol. The summed E-state index contributed by atoms with van der Waals surface area (Å²) in [5.74, 6) is 0.882.